The number of nitrogens with two attached hydrogens (primary N) is 1. The van der Waals surface area contributed by atoms with Crippen LogP contribution in [0.4, 0.5) is 5.69 Å². The number of hydrogen-bond acceptors (Lipinski definition) is 4. The molecule has 0 aromatic heterocycles. The van der Waals surface area contributed by atoms with Gasteiger partial charge >= 0.3 is 0 Å². The van der Waals surface area contributed by atoms with Gasteiger partial charge in [0, 0.05) is 12.2 Å². The van der Waals surface area contributed by atoms with Gasteiger partial charge in [-0.3, -0.25) is 0 Å². The quantitative estimate of drug-likeness (QED) is 0.687. The van der Waals surface area contributed by atoms with Crippen LogP contribution in [0.15, 0.2) is 17.0 Å². The van der Waals surface area contributed by atoms with Crippen LogP contribution in [0.2, 0.25) is 0 Å². The van der Waals surface area contributed by atoms with Crippen molar-refractivity contribution in [1.82, 2.24) is 4.72 Å². The third-order valence-electron chi connectivity index (χ3n) is 2.50. The maximum absolute atomic E-state index is 12.0. The summed E-state index contributed by atoms with van der Waals surface area (Å²) in [5.41, 5.74) is 7.53. The summed E-state index contributed by atoms with van der Waals surface area (Å²) < 4.78 is 26.3. The lowest BCUT2D eigenvalue weighted by molar-refractivity contribution is 0.198. The van der Waals surface area contributed by atoms with Crippen molar-refractivity contribution < 1.29 is 13.5 Å². The van der Waals surface area contributed by atoms with E-state index in [-0.39, 0.29) is 11.4 Å². The van der Waals surface area contributed by atoms with Crippen molar-refractivity contribution in [2.24, 2.45) is 0 Å². The van der Waals surface area contributed by atoms with Gasteiger partial charge in [-0.05, 0) is 44.0 Å². The van der Waals surface area contributed by atoms with Gasteiger partial charge < -0.3 is 10.8 Å². The first-order chi connectivity index (χ1) is 7.74. The molecule has 0 aliphatic carbocycles. The summed E-state index contributed by atoms with van der Waals surface area (Å²) in [6.45, 7) is 5.03. The molecular weight excluding hydrogens is 240 g/mol. The monoisotopic (exact) mass is 258 g/mol. The second-order valence-corrected chi connectivity index (χ2v) is 5.90. The maximum Gasteiger partial charge on any atom is 0.241 e. The molecule has 0 heterocycles. The first-order valence-corrected chi connectivity index (χ1v) is 6.77. The number of anilines is 1. The van der Waals surface area contributed by atoms with Crippen LogP contribution in [0.1, 0.15) is 18.1 Å². The van der Waals surface area contributed by atoms with Crippen LogP contribution in [0.5, 0.6) is 0 Å². The zero-order valence-electron chi connectivity index (χ0n) is 10.2. The van der Waals surface area contributed by atoms with Crippen molar-refractivity contribution in [3.05, 3.63) is 23.3 Å². The molecule has 0 amide bonds. The van der Waals surface area contributed by atoms with E-state index in [4.69, 9.17) is 10.8 Å². The van der Waals surface area contributed by atoms with Gasteiger partial charge in [-0.1, -0.05) is 0 Å². The molecule has 0 fully saturated rings. The van der Waals surface area contributed by atoms with Crippen molar-refractivity contribution >= 4 is 15.7 Å². The molecule has 0 radical (unpaired) electrons. The largest absolute Gasteiger partial charge is 0.399 e. The van der Waals surface area contributed by atoms with E-state index in [0.29, 0.717) is 11.3 Å². The predicted octanol–water partition coefficient (Wildman–Crippen LogP) is 0.545. The van der Waals surface area contributed by atoms with Crippen LogP contribution < -0.4 is 10.5 Å². The van der Waals surface area contributed by atoms with Crippen LogP contribution in [-0.4, -0.2) is 26.2 Å². The highest BCUT2D eigenvalue weighted by atomic mass is 32.2. The molecule has 1 atom stereocenters. The lowest BCUT2D eigenvalue weighted by Crippen LogP contribution is -2.31. The number of nitrogens with one attached hydrogen (secondary N) is 1. The van der Waals surface area contributed by atoms with E-state index in [1.165, 1.54) is 13.0 Å². The molecule has 0 unspecified atom stereocenters. The van der Waals surface area contributed by atoms with E-state index < -0.39 is 16.1 Å². The molecule has 1 rings (SSSR count). The SMILES string of the molecule is Cc1cc(N)cc(S(=O)(=O)NC[C@H](C)O)c1C. The zero-order chi connectivity index (χ0) is 13.2. The summed E-state index contributed by atoms with van der Waals surface area (Å²) in [6.07, 6.45) is -0.729. The Morgan fingerprint density at radius 3 is 2.53 bits per heavy atom. The molecule has 0 aliphatic rings. The minimum absolute atomic E-state index is 0.0182. The smallest absolute Gasteiger partial charge is 0.241 e. The summed E-state index contributed by atoms with van der Waals surface area (Å²) in [6, 6.07) is 3.15. The van der Waals surface area contributed by atoms with Gasteiger partial charge in [-0.15, -0.1) is 0 Å². The highest BCUT2D eigenvalue weighted by Gasteiger charge is 2.18. The molecular formula is C11H18N2O3S. The molecule has 1 aromatic rings. The number of rotatable bonds is 4. The van der Waals surface area contributed by atoms with Gasteiger partial charge in [0.25, 0.3) is 0 Å². The van der Waals surface area contributed by atoms with E-state index in [1.54, 1.807) is 19.9 Å². The number of hydrogen-bond donors (Lipinski definition) is 3. The van der Waals surface area contributed by atoms with E-state index in [0.717, 1.165) is 5.56 Å². The van der Waals surface area contributed by atoms with Gasteiger partial charge in [-0.2, -0.15) is 0 Å². The topological polar surface area (TPSA) is 92.4 Å². The fraction of sp³-hybridized carbons (Fsp3) is 0.455. The Kier molecular flexibility index (Phi) is 4.13. The summed E-state index contributed by atoms with van der Waals surface area (Å²) in [5.74, 6) is 0. The number of aliphatic hydroxyl groups excluding tert-OH is 1. The zero-order valence-corrected chi connectivity index (χ0v) is 11.0. The minimum Gasteiger partial charge on any atom is -0.399 e. The second kappa shape index (κ2) is 5.03. The minimum atomic E-state index is -3.62. The lowest BCUT2D eigenvalue weighted by atomic mass is 10.1. The molecule has 0 aliphatic heterocycles. The fourth-order valence-electron chi connectivity index (χ4n) is 1.44. The van der Waals surface area contributed by atoms with Gasteiger partial charge in [0.2, 0.25) is 10.0 Å². The Balaban J connectivity index is 3.15. The third kappa shape index (κ3) is 3.42. The van der Waals surface area contributed by atoms with E-state index >= 15 is 0 Å². The molecule has 1 aromatic carbocycles. The van der Waals surface area contributed by atoms with Gasteiger partial charge in [-0.25, -0.2) is 13.1 Å². The summed E-state index contributed by atoms with van der Waals surface area (Å²) in [5, 5.41) is 9.09. The molecule has 17 heavy (non-hydrogen) atoms. The van der Waals surface area contributed by atoms with Crippen molar-refractivity contribution in [2.45, 2.75) is 31.8 Å². The molecule has 0 spiro atoms. The van der Waals surface area contributed by atoms with Gasteiger partial charge in [0.15, 0.2) is 0 Å². The van der Waals surface area contributed by atoms with Crippen LogP contribution in [-0.2, 0) is 10.0 Å². The average Bonchev–Trinajstić information content (AvgIpc) is 2.20. The fourth-order valence-corrected chi connectivity index (χ4v) is 2.91. The molecule has 0 saturated carbocycles. The van der Waals surface area contributed by atoms with Crippen molar-refractivity contribution in [1.29, 1.82) is 0 Å². The highest BCUT2D eigenvalue weighted by Crippen LogP contribution is 2.22. The molecule has 96 valence electrons. The first kappa shape index (κ1) is 14.0. The summed E-state index contributed by atoms with van der Waals surface area (Å²) >= 11 is 0. The number of aryl methyl sites for hydroxylation is 1. The molecule has 0 saturated heterocycles. The Morgan fingerprint density at radius 2 is 2.00 bits per heavy atom. The van der Waals surface area contributed by atoms with Crippen LogP contribution in [0, 0.1) is 13.8 Å². The number of benzene rings is 1. The maximum atomic E-state index is 12.0. The Hall–Kier alpha value is -1.11. The first-order valence-electron chi connectivity index (χ1n) is 5.28. The number of aliphatic hydroxyl groups is 1. The average molecular weight is 258 g/mol. The molecule has 5 nitrogen and oxygen atoms in total. The standard InChI is InChI=1S/C11H18N2O3S/c1-7-4-10(12)5-11(9(7)3)17(15,16)13-6-8(2)14/h4-5,8,13-14H,6,12H2,1-3H3/t8-/m0/s1. The van der Waals surface area contributed by atoms with Crippen molar-refractivity contribution in [3.8, 4) is 0 Å². The molecule has 4 N–H and O–H groups in total. The third-order valence-corrected chi connectivity index (χ3v) is 4.05. The van der Waals surface area contributed by atoms with Crippen LogP contribution in [0.25, 0.3) is 0 Å². The Bertz CT molecular complexity index is 510. The molecule has 6 heteroatoms. The summed E-state index contributed by atoms with van der Waals surface area (Å²) in [4.78, 5) is 0.163. The second-order valence-electron chi connectivity index (χ2n) is 4.16. The van der Waals surface area contributed by atoms with Crippen molar-refractivity contribution in [3.63, 3.8) is 0 Å². The van der Waals surface area contributed by atoms with E-state index in [9.17, 15) is 8.42 Å². The summed E-state index contributed by atoms with van der Waals surface area (Å²) in [7, 11) is -3.62. The number of nitrogen functional groups attached to an aromatic ring is 1. The van der Waals surface area contributed by atoms with Crippen LogP contribution in [0.3, 0.4) is 0 Å². The van der Waals surface area contributed by atoms with Crippen LogP contribution >= 0.6 is 0 Å². The number of sulfonamides is 1. The van der Waals surface area contributed by atoms with Gasteiger partial charge in [0.05, 0.1) is 11.0 Å². The highest BCUT2D eigenvalue weighted by molar-refractivity contribution is 7.89. The normalized spacial score (nSPS) is 13.6. The Labute approximate surface area is 102 Å². The Morgan fingerprint density at radius 1 is 1.41 bits per heavy atom. The molecule has 0 bridgehead atoms. The lowest BCUT2D eigenvalue weighted by Gasteiger charge is -2.13. The van der Waals surface area contributed by atoms with Crippen molar-refractivity contribution in [2.75, 3.05) is 12.3 Å². The predicted molar refractivity (Wildman–Crippen MR) is 67.2 cm³/mol. The van der Waals surface area contributed by atoms with E-state index in [2.05, 4.69) is 4.72 Å². The van der Waals surface area contributed by atoms with E-state index in [1.807, 2.05) is 0 Å². The van der Waals surface area contributed by atoms with Gasteiger partial charge in [0.1, 0.15) is 0 Å².